The number of nitrogens with zero attached hydrogens (tertiary/aromatic N) is 2. The lowest BCUT2D eigenvalue weighted by molar-refractivity contribution is -0.133. The molecule has 0 N–H and O–H groups in total. The molecule has 7 heteroatoms. The van der Waals surface area contributed by atoms with Crippen molar-refractivity contribution in [3.05, 3.63) is 59.4 Å². The average molecular weight is 407 g/mol. The van der Waals surface area contributed by atoms with Gasteiger partial charge < -0.3 is 14.4 Å². The Morgan fingerprint density at radius 3 is 2.46 bits per heavy atom. The van der Waals surface area contributed by atoms with Crippen LogP contribution in [0.3, 0.4) is 0 Å². The highest BCUT2D eigenvalue weighted by atomic mass is 35.5. The van der Waals surface area contributed by atoms with Crippen LogP contribution in [0.5, 0.6) is 11.5 Å². The molecule has 2 aromatic rings. The summed E-state index contributed by atoms with van der Waals surface area (Å²) in [5, 5.41) is 0.207. The molecule has 1 aliphatic rings. The first-order valence-corrected chi connectivity index (χ1v) is 9.75. The van der Waals surface area contributed by atoms with Crippen molar-refractivity contribution in [2.45, 2.75) is 6.42 Å². The average Bonchev–Trinajstić information content (AvgIpc) is 2.71. The number of carbonyl (C=O) groups is 1. The Morgan fingerprint density at radius 1 is 1.00 bits per heavy atom. The standard InChI is InChI=1S/C21H24ClFN2O3/c22-19-16-17(23)6-7-20(19)28-14-8-21(26)25-11-9-24(10-12-25)13-15-27-18-4-2-1-3-5-18/h1-7,16H,8-15H2. The lowest BCUT2D eigenvalue weighted by Gasteiger charge is -2.34. The number of halogens is 2. The number of hydrogen-bond acceptors (Lipinski definition) is 4. The molecular weight excluding hydrogens is 383 g/mol. The molecule has 0 atom stereocenters. The van der Waals surface area contributed by atoms with E-state index < -0.39 is 5.82 Å². The maximum atomic E-state index is 13.0. The fourth-order valence-electron chi connectivity index (χ4n) is 3.03. The number of benzene rings is 2. The fraction of sp³-hybridized carbons (Fsp3) is 0.381. The van der Waals surface area contributed by atoms with Crippen LogP contribution < -0.4 is 9.47 Å². The smallest absolute Gasteiger partial charge is 0.226 e. The van der Waals surface area contributed by atoms with E-state index in [2.05, 4.69) is 4.90 Å². The Hall–Kier alpha value is -2.31. The largest absolute Gasteiger partial charge is 0.492 e. The zero-order valence-corrected chi connectivity index (χ0v) is 16.4. The summed E-state index contributed by atoms with van der Waals surface area (Å²) < 4.78 is 24.2. The van der Waals surface area contributed by atoms with Gasteiger partial charge in [0, 0.05) is 32.7 Å². The third-order valence-electron chi connectivity index (χ3n) is 4.61. The highest BCUT2D eigenvalue weighted by Crippen LogP contribution is 2.25. The minimum Gasteiger partial charge on any atom is -0.492 e. The van der Waals surface area contributed by atoms with Gasteiger partial charge in [0.2, 0.25) is 5.91 Å². The maximum absolute atomic E-state index is 13.0. The number of piperazine rings is 1. The molecule has 1 amide bonds. The summed E-state index contributed by atoms with van der Waals surface area (Å²) in [4.78, 5) is 16.5. The van der Waals surface area contributed by atoms with E-state index in [1.165, 1.54) is 18.2 Å². The maximum Gasteiger partial charge on any atom is 0.226 e. The quantitative estimate of drug-likeness (QED) is 0.673. The Balaban J connectivity index is 1.32. The zero-order chi connectivity index (χ0) is 19.8. The molecule has 2 aromatic carbocycles. The van der Waals surface area contributed by atoms with Crippen LogP contribution in [-0.4, -0.2) is 61.6 Å². The monoisotopic (exact) mass is 406 g/mol. The first kappa shape index (κ1) is 20.4. The molecule has 1 fully saturated rings. The van der Waals surface area contributed by atoms with Gasteiger partial charge in [-0.25, -0.2) is 4.39 Å². The van der Waals surface area contributed by atoms with Crippen molar-refractivity contribution >= 4 is 17.5 Å². The first-order valence-electron chi connectivity index (χ1n) is 9.37. The van der Waals surface area contributed by atoms with Crippen LogP contribution in [0.25, 0.3) is 0 Å². The van der Waals surface area contributed by atoms with E-state index >= 15 is 0 Å². The van der Waals surface area contributed by atoms with Crippen LogP contribution in [-0.2, 0) is 4.79 Å². The minimum absolute atomic E-state index is 0.0541. The molecule has 150 valence electrons. The number of hydrogen-bond donors (Lipinski definition) is 0. The van der Waals surface area contributed by atoms with Crippen molar-refractivity contribution < 1.29 is 18.7 Å². The SMILES string of the molecule is O=C(CCOc1ccc(F)cc1Cl)N1CCN(CCOc2ccccc2)CC1. The highest BCUT2D eigenvalue weighted by molar-refractivity contribution is 6.32. The van der Waals surface area contributed by atoms with Gasteiger partial charge in [-0.1, -0.05) is 29.8 Å². The summed E-state index contributed by atoms with van der Waals surface area (Å²) >= 11 is 5.91. The van der Waals surface area contributed by atoms with Gasteiger partial charge in [0.05, 0.1) is 18.1 Å². The minimum atomic E-state index is -0.416. The molecule has 3 rings (SSSR count). The van der Waals surface area contributed by atoms with Crippen LogP contribution in [0.1, 0.15) is 6.42 Å². The Labute approximate surface area is 169 Å². The number of para-hydroxylation sites is 1. The van der Waals surface area contributed by atoms with E-state index in [0.29, 0.717) is 25.4 Å². The molecule has 0 aliphatic carbocycles. The van der Waals surface area contributed by atoms with Crippen molar-refractivity contribution in [1.29, 1.82) is 0 Å². The van der Waals surface area contributed by atoms with Gasteiger partial charge in [-0.15, -0.1) is 0 Å². The van der Waals surface area contributed by atoms with Gasteiger partial charge in [-0.2, -0.15) is 0 Å². The van der Waals surface area contributed by atoms with Crippen LogP contribution in [0, 0.1) is 5.82 Å². The summed E-state index contributed by atoms with van der Waals surface area (Å²) in [6.07, 6.45) is 0.269. The van der Waals surface area contributed by atoms with Crippen LogP contribution in [0.15, 0.2) is 48.5 Å². The van der Waals surface area contributed by atoms with Gasteiger partial charge in [0.1, 0.15) is 23.9 Å². The predicted molar refractivity (Wildman–Crippen MR) is 106 cm³/mol. The molecule has 0 aromatic heterocycles. The van der Waals surface area contributed by atoms with E-state index in [0.717, 1.165) is 25.4 Å². The molecule has 1 aliphatic heterocycles. The molecule has 0 spiro atoms. The Morgan fingerprint density at radius 2 is 1.75 bits per heavy atom. The molecule has 1 saturated heterocycles. The number of rotatable bonds is 8. The van der Waals surface area contributed by atoms with Gasteiger partial charge in [-0.3, -0.25) is 9.69 Å². The highest BCUT2D eigenvalue weighted by Gasteiger charge is 2.20. The van der Waals surface area contributed by atoms with E-state index in [4.69, 9.17) is 21.1 Å². The second-order valence-electron chi connectivity index (χ2n) is 6.56. The number of amides is 1. The lowest BCUT2D eigenvalue weighted by Crippen LogP contribution is -2.49. The van der Waals surface area contributed by atoms with E-state index in [1.54, 1.807) is 0 Å². The van der Waals surface area contributed by atoms with Gasteiger partial charge in [-0.05, 0) is 30.3 Å². The van der Waals surface area contributed by atoms with Crippen LogP contribution in [0.4, 0.5) is 4.39 Å². The summed E-state index contributed by atoms with van der Waals surface area (Å²) in [6, 6.07) is 13.7. The summed E-state index contributed by atoms with van der Waals surface area (Å²) in [5.41, 5.74) is 0. The fourth-order valence-corrected chi connectivity index (χ4v) is 3.25. The lowest BCUT2D eigenvalue weighted by atomic mass is 10.2. The molecular formula is C21H24ClFN2O3. The Bertz CT molecular complexity index is 768. The number of carbonyl (C=O) groups excluding carboxylic acids is 1. The van der Waals surface area contributed by atoms with Crippen molar-refractivity contribution in [3.8, 4) is 11.5 Å². The van der Waals surface area contributed by atoms with Gasteiger partial charge in [0.15, 0.2) is 0 Å². The number of ether oxygens (including phenoxy) is 2. The Kier molecular flexibility index (Phi) is 7.51. The van der Waals surface area contributed by atoms with Crippen molar-refractivity contribution in [2.24, 2.45) is 0 Å². The molecule has 0 bridgehead atoms. The molecule has 0 unspecified atom stereocenters. The van der Waals surface area contributed by atoms with Crippen LogP contribution in [0.2, 0.25) is 5.02 Å². The molecule has 0 radical (unpaired) electrons. The summed E-state index contributed by atoms with van der Waals surface area (Å²) in [6.45, 7) is 4.73. The van der Waals surface area contributed by atoms with Crippen molar-refractivity contribution in [3.63, 3.8) is 0 Å². The first-order chi connectivity index (χ1) is 13.6. The third kappa shape index (κ3) is 6.11. The predicted octanol–water partition coefficient (Wildman–Crippen LogP) is 3.47. The summed E-state index contributed by atoms with van der Waals surface area (Å²) in [7, 11) is 0. The van der Waals surface area contributed by atoms with E-state index in [1.807, 2.05) is 35.2 Å². The van der Waals surface area contributed by atoms with E-state index in [-0.39, 0.29) is 24.0 Å². The third-order valence-corrected chi connectivity index (χ3v) is 4.91. The van der Waals surface area contributed by atoms with Gasteiger partial charge >= 0.3 is 0 Å². The normalized spacial score (nSPS) is 14.7. The van der Waals surface area contributed by atoms with E-state index in [9.17, 15) is 9.18 Å². The summed E-state index contributed by atoms with van der Waals surface area (Å²) in [5.74, 6) is 0.899. The zero-order valence-electron chi connectivity index (χ0n) is 15.7. The molecule has 5 nitrogen and oxygen atoms in total. The van der Waals surface area contributed by atoms with Crippen molar-refractivity contribution in [1.82, 2.24) is 9.80 Å². The van der Waals surface area contributed by atoms with Crippen LogP contribution >= 0.6 is 11.6 Å². The molecule has 28 heavy (non-hydrogen) atoms. The molecule has 0 saturated carbocycles. The second kappa shape index (κ2) is 10.3. The van der Waals surface area contributed by atoms with Gasteiger partial charge in [0.25, 0.3) is 0 Å². The second-order valence-corrected chi connectivity index (χ2v) is 6.96. The molecule has 1 heterocycles. The van der Waals surface area contributed by atoms with Crippen molar-refractivity contribution in [2.75, 3.05) is 45.9 Å². The topological polar surface area (TPSA) is 42.0 Å².